The highest BCUT2D eigenvalue weighted by Crippen LogP contribution is 2.18. The van der Waals surface area contributed by atoms with Gasteiger partial charge in [-0.05, 0) is 32.0 Å². The summed E-state index contributed by atoms with van der Waals surface area (Å²) in [6.07, 6.45) is 1.30. The number of amides is 1. The Hall–Kier alpha value is -2.41. The second-order valence-electron chi connectivity index (χ2n) is 4.31. The lowest BCUT2D eigenvalue weighted by Crippen LogP contribution is -2.27. The van der Waals surface area contributed by atoms with E-state index in [9.17, 15) is 9.18 Å². The van der Waals surface area contributed by atoms with Crippen LogP contribution in [0.5, 0.6) is 0 Å². The summed E-state index contributed by atoms with van der Waals surface area (Å²) in [6.45, 7) is 3.55. The summed E-state index contributed by atoms with van der Waals surface area (Å²) in [7, 11) is 0. The molecular formula is C13H15FN4O2. The Morgan fingerprint density at radius 1 is 1.45 bits per heavy atom. The average Bonchev–Trinajstić information content (AvgIpc) is 2.85. The van der Waals surface area contributed by atoms with Gasteiger partial charge in [-0.1, -0.05) is 0 Å². The molecule has 0 bridgehead atoms. The summed E-state index contributed by atoms with van der Waals surface area (Å²) < 4.78 is 19.3. The number of carbonyl (C=O) groups is 1. The molecule has 2 aromatic rings. The minimum Gasteiger partial charge on any atom is -0.464 e. The van der Waals surface area contributed by atoms with Crippen molar-refractivity contribution in [3.63, 3.8) is 0 Å². The molecule has 0 aromatic carbocycles. The van der Waals surface area contributed by atoms with Gasteiger partial charge in [-0.2, -0.15) is 0 Å². The highest BCUT2D eigenvalue weighted by molar-refractivity contribution is 5.95. The number of hydrogen-bond donors (Lipinski definition) is 3. The molecule has 7 heteroatoms. The number of furan rings is 1. The predicted octanol–water partition coefficient (Wildman–Crippen LogP) is 1.90. The number of pyridine rings is 1. The quantitative estimate of drug-likeness (QED) is 0.586. The fraction of sp³-hybridized carbons (Fsp3) is 0.231. The number of rotatable bonds is 4. The third-order valence-electron chi connectivity index (χ3n) is 2.81. The van der Waals surface area contributed by atoms with Gasteiger partial charge >= 0.3 is 0 Å². The van der Waals surface area contributed by atoms with Gasteiger partial charge in [0.1, 0.15) is 11.5 Å². The van der Waals surface area contributed by atoms with E-state index in [4.69, 9.17) is 10.3 Å². The second-order valence-corrected chi connectivity index (χ2v) is 4.31. The van der Waals surface area contributed by atoms with Gasteiger partial charge in [0, 0.05) is 6.20 Å². The normalized spacial score (nSPS) is 12.0. The Labute approximate surface area is 115 Å². The minimum absolute atomic E-state index is 0.136. The Balaban J connectivity index is 2.16. The van der Waals surface area contributed by atoms with Crippen molar-refractivity contribution < 1.29 is 13.6 Å². The number of nitrogens with zero attached hydrogens (tertiary/aromatic N) is 1. The molecule has 6 nitrogen and oxygen atoms in total. The maximum absolute atomic E-state index is 13.9. The Morgan fingerprint density at radius 3 is 2.80 bits per heavy atom. The maximum atomic E-state index is 13.9. The lowest BCUT2D eigenvalue weighted by atomic mass is 10.2. The summed E-state index contributed by atoms with van der Waals surface area (Å²) in [5.74, 6) is 4.91. The smallest absolute Gasteiger partial charge is 0.255 e. The fourth-order valence-corrected chi connectivity index (χ4v) is 1.75. The number of nitrogens with one attached hydrogen (secondary N) is 2. The largest absolute Gasteiger partial charge is 0.464 e. The number of halogens is 1. The zero-order valence-electron chi connectivity index (χ0n) is 11.1. The zero-order valence-corrected chi connectivity index (χ0v) is 11.1. The number of carbonyl (C=O) groups excluding carboxylic acids is 1. The third-order valence-corrected chi connectivity index (χ3v) is 2.81. The molecule has 0 aliphatic rings. The monoisotopic (exact) mass is 278 g/mol. The van der Waals surface area contributed by atoms with E-state index in [1.54, 1.807) is 26.0 Å². The first-order valence-electron chi connectivity index (χ1n) is 6.01. The van der Waals surface area contributed by atoms with Crippen molar-refractivity contribution in [2.45, 2.75) is 19.9 Å². The summed E-state index contributed by atoms with van der Waals surface area (Å²) in [5, 5.41) is 2.65. The van der Waals surface area contributed by atoms with Crippen molar-refractivity contribution in [1.82, 2.24) is 10.3 Å². The van der Waals surface area contributed by atoms with Gasteiger partial charge < -0.3 is 15.2 Å². The molecule has 0 fully saturated rings. The van der Waals surface area contributed by atoms with Crippen LogP contribution < -0.4 is 16.6 Å². The summed E-state index contributed by atoms with van der Waals surface area (Å²) in [5.41, 5.74) is 1.96. The van der Waals surface area contributed by atoms with Crippen LogP contribution in [-0.4, -0.2) is 10.9 Å². The first-order chi connectivity index (χ1) is 9.52. The van der Waals surface area contributed by atoms with Crippen molar-refractivity contribution in [2.24, 2.45) is 5.84 Å². The van der Waals surface area contributed by atoms with E-state index in [0.717, 1.165) is 5.76 Å². The van der Waals surface area contributed by atoms with Crippen LogP contribution >= 0.6 is 0 Å². The molecular weight excluding hydrogens is 263 g/mol. The van der Waals surface area contributed by atoms with Crippen LogP contribution in [0, 0.1) is 12.7 Å². The zero-order chi connectivity index (χ0) is 14.7. The van der Waals surface area contributed by atoms with Gasteiger partial charge in [0.2, 0.25) is 0 Å². The molecule has 2 rings (SSSR count). The van der Waals surface area contributed by atoms with Crippen LogP contribution in [0.4, 0.5) is 10.2 Å². The van der Waals surface area contributed by atoms with E-state index in [2.05, 4.69) is 15.7 Å². The number of hydrogen-bond acceptors (Lipinski definition) is 5. The first-order valence-corrected chi connectivity index (χ1v) is 6.01. The molecule has 0 spiro atoms. The fourth-order valence-electron chi connectivity index (χ4n) is 1.75. The highest BCUT2D eigenvalue weighted by atomic mass is 19.1. The Morgan fingerprint density at radius 2 is 2.20 bits per heavy atom. The van der Waals surface area contributed by atoms with Crippen molar-refractivity contribution in [3.8, 4) is 0 Å². The molecule has 2 aromatic heterocycles. The summed E-state index contributed by atoms with van der Waals surface area (Å²) in [4.78, 5) is 15.7. The molecule has 20 heavy (non-hydrogen) atoms. The predicted molar refractivity (Wildman–Crippen MR) is 71.3 cm³/mol. The van der Waals surface area contributed by atoms with E-state index >= 15 is 0 Å². The topological polar surface area (TPSA) is 93.2 Å². The SMILES string of the molecule is Cc1ccc(C(C)NC(=O)c2ccnc(NN)c2F)o1. The van der Waals surface area contributed by atoms with Gasteiger partial charge in [0.25, 0.3) is 5.91 Å². The van der Waals surface area contributed by atoms with Crippen LogP contribution in [-0.2, 0) is 0 Å². The molecule has 0 saturated carbocycles. The number of anilines is 1. The van der Waals surface area contributed by atoms with Gasteiger partial charge in [-0.25, -0.2) is 15.2 Å². The van der Waals surface area contributed by atoms with Crippen LogP contribution in [0.3, 0.4) is 0 Å². The molecule has 0 aliphatic heterocycles. The van der Waals surface area contributed by atoms with Gasteiger partial charge in [0.05, 0.1) is 11.6 Å². The van der Waals surface area contributed by atoms with Gasteiger partial charge in [0.15, 0.2) is 11.6 Å². The standard InChI is InChI=1S/C13H15FN4O2/c1-7-3-4-10(20-7)8(2)17-13(19)9-5-6-16-12(18-15)11(9)14/h3-6,8H,15H2,1-2H3,(H,16,18)(H,17,19). The lowest BCUT2D eigenvalue weighted by Gasteiger charge is -2.12. The lowest BCUT2D eigenvalue weighted by molar-refractivity contribution is 0.0931. The molecule has 4 N–H and O–H groups in total. The molecule has 0 radical (unpaired) electrons. The van der Waals surface area contributed by atoms with Crippen LogP contribution in [0.25, 0.3) is 0 Å². The average molecular weight is 278 g/mol. The molecule has 0 aliphatic carbocycles. The third kappa shape index (κ3) is 2.77. The van der Waals surface area contributed by atoms with E-state index in [-0.39, 0.29) is 17.4 Å². The Bertz CT molecular complexity index is 627. The number of nitrogen functional groups attached to an aromatic ring is 1. The van der Waals surface area contributed by atoms with Gasteiger partial charge in [-0.3, -0.25) is 4.79 Å². The maximum Gasteiger partial charge on any atom is 0.255 e. The number of hydrazine groups is 1. The molecule has 2 heterocycles. The van der Waals surface area contributed by atoms with Crippen LogP contribution in [0.1, 0.15) is 34.8 Å². The van der Waals surface area contributed by atoms with E-state index in [1.807, 2.05) is 0 Å². The molecule has 1 unspecified atom stereocenters. The molecule has 106 valence electrons. The number of nitrogens with two attached hydrogens (primary N) is 1. The van der Waals surface area contributed by atoms with Crippen molar-refractivity contribution in [1.29, 1.82) is 0 Å². The minimum atomic E-state index is -0.796. The van der Waals surface area contributed by atoms with Crippen LogP contribution in [0.15, 0.2) is 28.8 Å². The van der Waals surface area contributed by atoms with E-state index in [1.165, 1.54) is 12.3 Å². The first kappa shape index (κ1) is 14.0. The van der Waals surface area contributed by atoms with Gasteiger partial charge in [-0.15, -0.1) is 0 Å². The molecule has 1 atom stereocenters. The van der Waals surface area contributed by atoms with Crippen molar-refractivity contribution in [3.05, 3.63) is 47.3 Å². The number of aryl methyl sites for hydroxylation is 1. The van der Waals surface area contributed by atoms with Crippen LogP contribution in [0.2, 0.25) is 0 Å². The summed E-state index contributed by atoms with van der Waals surface area (Å²) >= 11 is 0. The highest BCUT2D eigenvalue weighted by Gasteiger charge is 2.19. The number of aromatic nitrogens is 1. The second kappa shape index (κ2) is 5.70. The van der Waals surface area contributed by atoms with E-state index in [0.29, 0.717) is 5.76 Å². The molecule has 1 amide bonds. The summed E-state index contributed by atoms with van der Waals surface area (Å²) in [6, 6.07) is 4.46. The van der Waals surface area contributed by atoms with Crippen molar-refractivity contribution >= 4 is 11.7 Å². The Kier molecular flexibility index (Phi) is 3.99. The molecule has 0 saturated heterocycles. The van der Waals surface area contributed by atoms with Crippen molar-refractivity contribution in [2.75, 3.05) is 5.43 Å². The van der Waals surface area contributed by atoms with E-state index < -0.39 is 11.7 Å².